The van der Waals surface area contributed by atoms with Crippen LogP contribution in [0.15, 0.2) is 67.2 Å². The molecule has 14 nitrogen and oxygen atoms in total. The minimum absolute atomic E-state index is 0.152. The van der Waals surface area contributed by atoms with E-state index in [2.05, 4.69) is 9.97 Å². The number of fused-ring (bicyclic) bond motifs is 2. The van der Waals surface area contributed by atoms with E-state index in [0.717, 1.165) is 0 Å². The molecule has 5 aromatic rings. The van der Waals surface area contributed by atoms with Crippen LogP contribution in [0.1, 0.15) is 25.3 Å². The summed E-state index contributed by atoms with van der Waals surface area (Å²) in [5, 5.41) is 39.9. The number of benzene rings is 1. The second-order valence-corrected chi connectivity index (χ2v) is 10.4. The Morgan fingerprint density at radius 3 is 1.48 bits per heavy atom. The van der Waals surface area contributed by atoms with E-state index in [4.69, 9.17) is 18.3 Å². The van der Waals surface area contributed by atoms with Crippen molar-refractivity contribution in [2.24, 2.45) is 0 Å². The molecule has 2 saturated heterocycles. The van der Waals surface area contributed by atoms with Crippen molar-refractivity contribution in [3.05, 3.63) is 69.8 Å². The Bertz CT molecular complexity index is 1750. The zero-order valence-corrected chi connectivity index (χ0v) is 21.9. The molecule has 0 amide bonds. The summed E-state index contributed by atoms with van der Waals surface area (Å²) in [6, 6.07) is 10.7. The van der Waals surface area contributed by atoms with Gasteiger partial charge in [0.25, 0.3) is 0 Å². The van der Waals surface area contributed by atoms with Crippen molar-refractivity contribution >= 4 is 22.2 Å². The van der Waals surface area contributed by atoms with Crippen molar-refractivity contribution in [2.45, 2.75) is 49.7 Å². The Labute approximate surface area is 235 Å². The van der Waals surface area contributed by atoms with Gasteiger partial charge in [-0.25, -0.2) is 9.59 Å². The summed E-state index contributed by atoms with van der Waals surface area (Å²) in [7, 11) is 0. The van der Waals surface area contributed by atoms with Gasteiger partial charge in [-0.2, -0.15) is 9.97 Å². The second-order valence-electron chi connectivity index (χ2n) is 10.4. The highest BCUT2D eigenvalue weighted by atomic mass is 16.5. The van der Waals surface area contributed by atoms with Crippen LogP contribution in [-0.4, -0.2) is 77.2 Å². The lowest BCUT2D eigenvalue weighted by Gasteiger charge is -2.13. The molecule has 7 rings (SSSR count). The average Bonchev–Trinajstić information content (AvgIpc) is 3.76. The number of aromatic nitrogens is 4. The van der Waals surface area contributed by atoms with Gasteiger partial charge in [-0.15, -0.1) is 0 Å². The van der Waals surface area contributed by atoms with Gasteiger partial charge in [0.05, 0.1) is 36.2 Å². The van der Waals surface area contributed by atoms with Crippen molar-refractivity contribution in [1.82, 2.24) is 19.1 Å². The molecule has 0 aliphatic carbocycles. The molecule has 4 N–H and O–H groups in total. The van der Waals surface area contributed by atoms with Gasteiger partial charge in [0, 0.05) is 36.4 Å². The van der Waals surface area contributed by atoms with Crippen LogP contribution in [-0.2, 0) is 9.47 Å². The van der Waals surface area contributed by atoms with E-state index in [0.29, 0.717) is 33.4 Å². The molecule has 0 bridgehead atoms. The Balaban J connectivity index is 1.14. The number of furan rings is 2. The van der Waals surface area contributed by atoms with Gasteiger partial charge in [0.1, 0.15) is 36.2 Å². The summed E-state index contributed by atoms with van der Waals surface area (Å²) >= 11 is 0. The fourth-order valence-corrected chi connectivity index (χ4v) is 5.45. The molecule has 14 heteroatoms. The lowest BCUT2D eigenvalue weighted by Crippen LogP contribution is -2.27. The van der Waals surface area contributed by atoms with Crippen molar-refractivity contribution in [3.63, 3.8) is 0 Å². The number of hydrogen-bond donors (Lipinski definition) is 4. The van der Waals surface area contributed by atoms with E-state index in [1.54, 1.807) is 24.5 Å². The SMILES string of the molecule is O=c1nc2oc(-c3ccc(-c4cc5cn([C@H]6C[C@H](O)[C@@H](CO)O6)c(=O)nc5o4)cc3)cc2cn1[C@H]1C[C@H](O)[C@@H](CO)O1. The molecule has 2 aliphatic heterocycles. The van der Waals surface area contributed by atoms with Crippen LogP contribution >= 0.6 is 0 Å². The quantitative estimate of drug-likeness (QED) is 0.223. The van der Waals surface area contributed by atoms with Crippen LogP contribution < -0.4 is 11.4 Å². The largest absolute Gasteiger partial charge is 0.437 e. The highest BCUT2D eigenvalue weighted by Gasteiger charge is 2.36. The molecule has 2 fully saturated rings. The summed E-state index contributed by atoms with van der Waals surface area (Å²) in [5.41, 5.74) is 0.545. The first kappa shape index (κ1) is 26.7. The number of aliphatic hydroxyl groups is 4. The van der Waals surface area contributed by atoms with Crippen LogP contribution in [0.3, 0.4) is 0 Å². The lowest BCUT2D eigenvalue weighted by atomic mass is 10.1. The lowest BCUT2D eigenvalue weighted by molar-refractivity contribution is -0.0457. The normalized spacial score (nSPS) is 26.1. The first-order valence-corrected chi connectivity index (χ1v) is 13.4. The van der Waals surface area contributed by atoms with Gasteiger partial charge >= 0.3 is 11.4 Å². The summed E-state index contributed by atoms with van der Waals surface area (Å²) in [5.74, 6) is 0.954. The maximum atomic E-state index is 12.6. The summed E-state index contributed by atoms with van der Waals surface area (Å²) in [4.78, 5) is 33.2. The van der Waals surface area contributed by atoms with E-state index in [1.807, 2.05) is 24.3 Å². The van der Waals surface area contributed by atoms with E-state index < -0.39 is 48.3 Å². The molecule has 0 unspecified atom stereocenters. The third-order valence-corrected chi connectivity index (χ3v) is 7.72. The number of ether oxygens (including phenoxy) is 2. The van der Waals surface area contributed by atoms with Gasteiger partial charge in [0.2, 0.25) is 11.4 Å². The van der Waals surface area contributed by atoms with Crippen LogP contribution in [0, 0.1) is 0 Å². The topological polar surface area (TPSA) is 195 Å². The molecule has 6 atom stereocenters. The average molecular weight is 579 g/mol. The Morgan fingerprint density at radius 1 is 0.714 bits per heavy atom. The molecule has 218 valence electrons. The van der Waals surface area contributed by atoms with Gasteiger partial charge in [-0.05, 0) is 12.1 Å². The molecule has 0 saturated carbocycles. The first-order chi connectivity index (χ1) is 20.3. The number of nitrogens with zero attached hydrogens (tertiary/aromatic N) is 4. The predicted octanol–water partition coefficient (Wildman–Crippen LogP) is 0.908. The molecule has 1 aromatic carbocycles. The molecular weight excluding hydrogens is 552 g/mol. The Morgan fingerprint density at radius 2 is 1.12 bits per heavy atom. The summed E-state index contributed by atoms with van der Waals surface area (Å²) in [6.45, 7) is -0.713. The third-order valence-electron chi connectivity index (χ3n) is 7.72. The minimum atomic E-state index is -0.887. The van der Waals surface area contributed by atoms with E-state index in [-0.39, 0.29) is 37.5 Å². The summed E-state index contributed by atoms with van der Waals surface area (Å²) < 4.78 is 25.4. The first-order valence-electron chi connectivity index (χ1n) is 13.4. The molecule has 6 heterocycles. The van der Waals surface area contributed by atoms with Crippen LogP contribution in [0.2, 0.25) is 0 Å². The molecular formula is C28H26N4O10. The number of hydrogen-bond acceptors (Lipinski definition) is 12. The van der Waals surface area contributed by atoms with E-state index >= 15 is 0 Å². The van der Waals surface area contributed by atoms with Crippen LogP contribution in [0.25, 0.3) is 44.8 Å². The zero-order valence-electron chi connectivity index (χ0n) is 21.9. The van der Waals surface area contributed by atoms with Gasteiger partial charge in [0.15, 0.2) is 0 Å². The monoisotopic (exact) mass is 578 g/mol. The van der Waals surface area contributed by atoms with E-state index in [1.165, 1.54) is 9.13 Å². The van der Waals surface area contributed by atoms with Gasteiger partial charge in [-0.1, -0.05) is 24.3 Å². The van der Waals surface area contributed by atoms with Crippen molar-refractivity contribution in [2.75, 3.05) is 13.2 Å². The standard InChI is InChI=1S/C28H26N4O10/c33-11-21-17(35)7-23(39-21)31-9-15-5-19(41-25(15)29-27(31)37)13-1-2-14(4-3-13)20-6-16-10-32(28(38)30-26(16)42-20)24-8-18(36)22(12-34)40-24/h1-6,9-10,17-18,21-24,33-36H,7-8,11-12H2/t17-,18-,21+,22+,23+,24+/m0/s1. The molecule has 4 aromatic heterocycles. The Hall–Kier alpha value is -4.18. The fourth-order valence-electron chi connectivity index (χ4n) is 5.45. The number of rotatable bonds is 6. The van der Waals surface area contributed by atoms with Crippen molar-refractivity contribution in [3.8, 4) is 22.6 Å². The molecule has 2 aliphatic rings. The fraction of sp³-hybridized carbons (Fsp3) is 0.357. The number of aliphatic hydroxyl groups excluding tert-OH is 4. The van der Waals surface area contributed by atoms with Crippen LogP contribution in [0.5, 0.6) is 0 Å². The smallest absolute Gasteiger partial charge is 0.353 e. The zero-order chi connectivity index (χ0) is 29.1. The minimum Gasteiger partial charge on any atom is -0.437 e. The van der Waals surface area contributed by atoms with Crippen LogP contribution in [0.4, 0.5) is 0 Å². The third kappa shape index (κ3) is 4.54. The summed E-state index contributed by atoms with van der Waals surface area (Å²) in [6.07, 6.45) is -1.39. The molecule has 0 radical (unpaired) electrons. The predicted molar refractivity (Wildman–Crippen MR) is 144 cm³/mol. The highest BCUT2D eigenvalue weighted by molar-refractivity contribution is 5.81. The van der Waals surface area contributed by atoms with Gasteiger partial charge in [-0.3, -0.25) is 9.13 Å². The van der Waals surface area contributed by atoms with Crippen molar-refractivity contribution in [1.29, 1.82) is 0 Å². The maximum Gasteiger partial charge on any atom is 0.353 e. The second kappa shape index (κ2) is 10.3. The Kier molecular flexibility index (Phi) is 6.53. The molecule has 42 heavy (non-hydrogen) atoms. The maximum absolute atomic E-state index is 12.6. The highest BCUT2D eigenvalue weighted by Crippen LogP contribution is 2.33. The van der Waals surface area contributed by atoms with Gasteiger partial charge < -0.3 is 38.7 Å². The van der Waals surface area contributed by atoms with Crippen molar-refractivity contribution < 1.29 is 38.7 Å². The molecule has 0 spiro atoms. The van der Waals surface area contributed by atoms with E-state index in [9.17, 15) is 30.0 Å².